The van der Waals surface area contributed by atoms with E-state index in [4.69, 9.17) is 10.2 Å². The normalized spacial score (nSPS) is 10.6. The summed E-state index contributed by atoms with van der Waals surface area (Å²) < 4.78 is 0. The lowest BCUT2D eigenvalue weighted by molar-refractivity contribution is -0.134. The molecule has 0 heterocycles. The maximum Gasteiger partial charge on any atom is 0.313 e. The minimum Gasteiger partial charge on any atom is -0.481 e. The Morgan fingerprint density at radius 2 is 0.900 bits per heavy atom. The van der Waals surface area contributed by atoms with Crippen LogP contribution in [0.2, 0.25) is 0 Å². The highest BCUT2D eigenvalue weighted by Gasteiger charge is 1.98. The van der Waals surface area contributed by atoms with Crippen LogP contribution in [0.4, 0.5) is 0 Å². The molecule has 0 radical (unpaired) electrons. The van der Waals surface area contributed by atoms with Crippen LogP contribution in [0.15, 0.2) is 0 Å². The molecular weight excluding hydrogens is 296 g/mol. The minimum atomic E-state index is -0.725. The Morgan fingerprint density at radius 3 is 1.20 bits per heavy atom. The van der Waals surface area contributed by atoms with Crippen molar-refractivity contribution < 1.29 is 19.8 Å². The largest absolute Gasteiger partial charge is 0.481 e. The van der Waals surface area contributed by atoms with Crippen molar-refractivity contribution in [2.45, 2.75) is 51.4 Å². The van der Waals surface area contributed by atoms with E-state index < -0.39 is 11.9 Å². The summed E-state index contributed by atoms with van der Waals surface area (Å²) in [5.74, 6) is 0.896. The van der Waals surface area contributed by atoms with Crippen molar-refractivity contribution in [3.05, 3.63) is 0 Å². The third kappa shape index (κ3) is 17.6. The number of carbonyl (C=O) groups is 2. The van der Waals surface area contributed by atoms with Crippen molar-refractivity contribution >= 4 is 35.5 Å². The summed E-state index contributed by atoms with van der Waals surface area (Å²) in [4.78, 5) is 20.6. The second kappa shape index (κ2) is 15.0. The second-order valence-corrected chi connectivity index (χ2v) is 6.93. The first-order valence-corrected chi connectivity index (χ1v) is 9.53. The molecule has 0 aliphatic heterocycles. The van der Waals surface area contributed by atoms with Crippen molar-refractivity contribution in [1.82, 2.24) is 0 Å². The number of hydrogen-bond acceptors (Lipinski definition) is 4. The SMILES string of the molecule is O=C(O)CSCCCCCCCCCCSCC(=O)O. The van der Waals surface area contributed by atoms with Crippen molar-refractivity contribution in [2.75, 3.05) is 23.0 Å². The Balaban J connectivity index is 2.99. The smallest absolute Gasteiger partial charge is 0.313 e. The number of rotatable bonds is 15. The average molecular weight is 322 g/mol. The van der Waals surface area contributed by atoms with Gasteiger partial charge in [0.15, 0.2) is 0 Å². The van der Waals surface area contributed by atoms with Crippen molar-refractivity contribution in [3.63, 3.8) is 0 Å². The molecule has 0 aromatic carbocycles. The number of hydrogen-bond donors (Lipinski definition) is 2. The van der Waals surface area contributed by atoms with E-state index in [1.54, 1.807) is 0 Å². The third-order valence-electron chi connectivity index (χ3n) is 2.78. The van der Waals surface area contributed by atoms with Crippen LogP contribution in [0.5, 0.6) is 0 Å². The third-order valence-corrected chi connectivity index (χ3v) is 4.84. The molecule has 0 aliphatic carbocycles. The predicted octanol–water partition coefficient (Wildman–Crippen LogP) is 3.74. The predicted molar refractivity (Wildman–Crippen MR) is 86.9 cm³/mol. The molecule has 0 aromatic rings. The van der Waals surface area contributed by atoms with Gasteiger partial charge in [0, 0.05) is 0 Å². The summed E-state index contributed by atoms with van der Waals surface area (Å²) in [6, 6.07) is 0. The maximum absolute atomic E-state index is 10.3. The standard InChI is InChI=1S/C14H26O4S2/c15-13(16)11-19-9-7-5-3-1-2-4-6-8-10-20-12-14(17)18/h1-12H2,(H,15,16)(H,17,18). The van der Waals surface area contributed by atoms with Crippen LogP contribution in [0.1, 0.15) is 51.4 Å². The van der Waals surface area contributed by atoms with Crippen LogP contribution in [-0.2, 0) is 9.59 Å². The fraction of sp³-hybridized carbons (Fsp3) is 0.857. The van der Waals surface area contributed by atoms with Gasteiger partial charge in [-0.2, -0.15) is 23.5 Å². The van der Waals surface area contributed by atoms with E-state index in [1.165, 1.54) is 62.0 Å². The Kier molecular flexibility index (Phi) is 14.8. The van der Waals surface area contributed by atoms with E-state index in [-0.39, 0.29) is 11.5 Å². The van der Waals surface area contributed by atoms with Gasteiger partial charge in [0.25, 0.3) is 0 Å². The minimum absolute atomic E-state index is 0.222. The van der Waals surface area contributed by atoms with E-state index in [1.807, 2.05) is 0 Å². The molecule has 0 saturated heterocycles. The second-order valence-electron chi connectivity index (χ2n) is 4.72. The average Bonchev–Trinajstić information content (AvgIpc) is 2.38. The van der Waals surface area contributed by atoms with Crippen LogP contribution in [0.3, 0.4) is 0 Å². The molecule has 118 valence electrons. The quantitative estimate of drug-likeness (QED) is 0.447. The molecule has 0 spiro atoms. The highest BCUT2D eigenvalue weighted by atomic mass is 32.2. The van der Waals surface area contributed by atoms with Crippen molar-refractivity contribution in [3.8, 4) is 0 Å². The summed E-state index contributed by atoms with van der Waals surface area (Å²) in [6.45, 7) is 0. The molecule has 0 unspecified atom stereocenters. The molecule has 0 rings (SSSR count). The Bertz CT molecular complexity index is 234. The van der Waals surface area contributed by atoms with Gasteiger partial charge in [-0.15, -0.1) is 0 Å². The van der Waals surface area contributed by atoms with Gasteiger partial charge < -0.3 is 10.2 Å². The van der Waals surface area contributed by atoms with Crippen LogP contribution in [0, 0.1) is 0 Å². The Morgan fingerprint density at radius 1 is 0.600 bits per heavy atom. The summed E-state index contributed by atoms with van der Waals surface area (Å²) in [5.41, 5.74) is 0. The molecule has 0 amide bonds. The topological polar surface area (TPSA) is 74.6 Å². The lowest BCUT2D eigenvalue weighted by atomic mass is 10.1. The first kappa shape index (κ1) is 19.6. The van der Waals surface area contributed by atoms with Crippen molar-refractivity contribution in [2.24, 2.45) is 0 Å². The maximum atomic E-state index is 10.3. The van der Waals surface area contributed by atoms with Gasteiger partial charge in [-0.1, -0.05) is 38.5 Å². The van der Waals surface area contributed by atoms with E-state index in [0.29, 0.717) is 0 Å². The zero-order valence-corrected chi connectivity index (χ0v) is 13.6. The van der Waals surface area contributed by atoms with Gasteiger partial charge in [-0.3, -0.25) is 9.59 Å². The van der Waals surface area contributed by atoms with Gasteiger partial charge in [-0.05, 0) is 24.3 Å². The van der Waals surface area contributed by atoms with Crippen LogP contribution in [-0.4, -0.2) is 45.2 Å². The zero-order valence-electron chi connectivity index (χ0n) is 12.0. The number of unbranched alkanes of at least 4 members (excludes halogenated alkanes) is 7. The van der Waals surface area contributed by atoms with E-state index in [9.17, 15) is 9.59 Å². The highest BCUT2D eigenvalue weighted by molar-refractivity contribution is 8.00. The summed E-state index contributed by atoms with van der Waals surface area (Å²) in [7, 11) is 0. The fourth-order valence-corrected chi connectivity index (χ4v) is 3.24. The first-order valence-electron chi connectivity index (χ1n) is 7.22. The number of thioether (sulfide) groups is 2. The summed E-state index contributed by atoms with van der Waals surface area (Å²) in [5, 5.41) is 16.9. The summed E-state index contributed by atoms with van der Waals surface area (Å²) >= 11 is 3.00. The van der Waals surface area contributed by atoms with E-state index >= 15 is 0 Å². The molecule has 0 atom stereocenters. The number of carboxylic acids is 2. The van der Waals surface area contributed by atoms with Gasteiger partial charge in [0.2, 0.25) is 0 Å². The lowest BCUT2D eigenvalue weighted by Gasteiger charge is -2.02. The Hall–Kier alpha value is -0.360. The van der Waals surface area contributed by atoms with Crippen LogP contribution in [0.25, 0.3) is 0 Å². The zero-order chi connectivity index (χ0) is 15.1. The van der Waals surface area contributed by atoms with Gasteiger partial charge in [0.05, 0.1) is 11.5 Å². The fourth-order valence-electron chi connectivity index (χ4n) is 1.79. The van der Waals surface area contributed by atoms with Crippen molar-refractivity contribution in [1.29, 1.82) is 0 Å². The molecule has 6 heteroatoms. The first-order chi connectivity index (χ1) is 9.63. The molecular formula is C14H26O4S2. The molecule has 2 N–H and O–H groups in total. The highest BCUT2D eigenvalue weighted by Crippen LogP contribution is 2.12. The number of carboxylic acid groups (broad SMARTS) is 2. The molecule has 0 aromatic heterocycles. The van der Waals surface area contributed by atoms with Gasteiger partial charge in [-0.25, -0.2) is 0 Å². The van der Waals surface area contributed by atoms with E-state index in [0.717, 1.165) is 24.3 Å². The number of aliphatic carboxylic acids is 2. The van der Waals surface area contributed by atoms with Gasteiger partial charge in [0.1, 0.15) is 0 Å². The molecule has 20 heavy (non-hydrogen) atoms. The molecule has 0 fully saturated rings. The molecule has 0 bridgehead atoms. The van der Waals surface area contributed by atoms with Crippen LogP contribution < -0.4 is 0 Å². The van der Waals surface area contributed by atoms with Crippen LogP contribution >= 0.6 is 23.5 Å². The van der Waals surface area contributed by atoms with Gasteiger partial charge >= 0.3 is 11.9 Å². The molecule has 4 nitrogen and oxygen atoms in total. The lowest BCUT2D eigenvalue weighted by Crippen LogP contribution is -1.98. The summed E-state index contributed by atoms with van der Waals surface area (Å²) in [6.07, 6.45) is 9.61. The molecule has 0 aliphatic rings. The molecule has 0 saturated carbocycles. The van der Waals surface area contributed by atoms with E-state index in [2.05, 4.69) is 0 Å². The Labute approximate surface area is 130 Å². The monoisotopic (exact) mass is 322 g/mol.